The number of amides is 1. The third-order valence-electron chi connectivity index (χ3n) is 4.66. The second-order valence-corrected chi connectivity index (χ2v) is 6.19. The number of piperidine rings is 1. The van der Waals surface area contributed by atoms with Gasteiger partial charge < -0.3 is 10.6 Å². The highest BCUT2D eigenvalue weighted by molar-refractivity contribution is 5.85. The molecule has 0 radical (unpaired) electrons. The van der Waals surface area contributed by atoms with Crippen LogP contribution in [0.3, 0.4) is 0 Å². The summed E-state index contributed by atoms with van der Waals surface area (Å²) in [4.78, 5) is 12.2. The van der Waals surface area contributed by atoms with Crippen molar-refractivity contribution in [1.82, 2.24) is 10.6 Å². The average Bonchev–Trinajstić information content (AvgIpc) is 2.40. The van der Waals surface area contributed by atoms with E-state index in [9.17, 15) is 18.0 Å². The van der Waals surface area contributed by atoms with Gasteiger partial charge in [-0.1, -0.05) is 13.3 Å². The van der Waals surface area contributed by atoms with Gasteiger partial charge in [0.25, 0.3) is 0 Å². The minimum atomic E-state index is -4.17. The van der Waals surface area contributed by atoms with E-state index in [0.717, 1.165) is 13.0 Å². The molecule has 7 heteroatoms. The molecular formula is C14H24ClF3N2O. The highest BCUT2D eigenvalue weighted by atomic mass is 35.5. The second-order valence-electron chi connectivity index (χ2n) is 6.19. The number of nitrogens with one attached hydrogen (secondary N) is 2. The van der Waals surface area contributed by atoms with Crippen LogP contribution >= 0.6 is 12.4 Å². The normalized spacial score (nSPS) is 33.9. The number of hydrogen-bond donors (Lipinski definition) is 2. The zero-order valence-electron chi connectivity index (χ0n) is 12.2. The first-order valence-corrected chi connectivity index (χ1v) is 7.45. The highest BCUT2D eigenvalue weighted by Gasteiger charge is 2.43. The Balaban J connectivity index is 0.00000220. The van der Waals surface area contributed by atoms with Crippen LogP contribution in [0.5, 0.6) is 0 Å². The number of carbonyl (C=O) groups excluding carboxylic acids is 1. The summed E-state index contributed by atoms with van der Waals surface area (Å²) in [6, 6.07) is 0.0440. The second kappa shape index (κ2) is 7.68. The van der Waals surface area contributed by atoms with E-state index in [2.05, 4.69) is 17.6 Å². The summed E-state index contributed by atoms with van der Waals surface area (Å²) in [7, 11) is 0. The van der Waals surface area contributed by atoms with Crippen LogP contribution in [0, 0.1) is 17.8 Å². The van der Waals surface area contributed by atoms with Crippen LogP contribution in [0.4, 0.5) is 13.2 Å². The van der Waals surface area contributed by atoms with Gasteiger partial charge in [-0.2, -0.15) is 13.2 Å². The van der Waals surface area contributed by atoms with Crippen LogP contribution in [0.2, 0.25) is 0 Å². The molecule has 4 atom stereocenters. The zero-order chi connectivity index (χ0) is 14.8. The van der Waals surface area contributed by atoms with Crippen molar-refractivity contribution in [2.45, 2.75) is 51.2 Å². The zero-order valence-corrected chi connectivity index (χ0v) is 13.0. The summed E-state index contributed by atoms with van der Waals surface area (Å²) in [5.74, 6) is -1.61. The molecule has 1 amide bonds. The van der Waals surface area contributed by atoms with Crippen molar-refractivity contribution in [3.8, 4) is 0 Å². The van der Waals surface area contributed by atoms with Crippen LogP contribution in [-0.4, -0.2) is 31.2 Å². The van der Waals surface area contributed by atoms with E-state index in [4.69, 9.17) is 0 Å². The first-order valence-electron chi connectivity index (χ1n) is 7.45. The summed E-state index contributed by atoms with van der Waals surface area (Å²) < 4.78 is 38.3. The molecule has 1 heterocycles. The van der Waals surface area contributed by atoms with Crippen molar-refractivity contribution in [2.24, 2.45) is 17.8 Å². The predicted octanol–water partition coefficient (Wildman–Crippen LogP) is 2.89. The molecule has 1 aliphatic heterocycles. The predicted molar refractivity (Wildman–Crippen MR) is 77.3 cm³/mol. The fraction of sp³-hybridized carbons (Fsp3) is 0.929. The van der Waals surface area contributed by atoms with Crippen molar-refractivity contribution < 1.29 is 18.0 Å². The van der Waals surface area contributed by atoms with Crippen molar-refractivity contribution in [3.05, 3.63) is 0 Å². The quantitative estimate of drug-likeness (QED) is 0.818. The molecule has 0 aromatic carbocycles. The van der Waals surface area contributed by atoms with Crippen LogP contribution in [0.25, 0.3) is 0 Å². The minimum absolute atomic E-state index is 0. The number of rotatable bonds is 2. The molecular weight excluding hydrogens is 305 g/mol. The van der Waals surface area contributed by atoms with Gasteiger partial charge in [-0.3, -0.25) is 4.79 Å². The largest absolute Gasteiger partial charge is 0.391 e. The molecule has 124 valence electrons. The number of halogens is 4. The van der Waals surface area contributed by atoms with Gasteiger partial charge in [-0.25, -0.2) is 0 Å². The van der Waals surface area contributed by atoms with E-state index in [1.165, 1.54) is 0 Å². The molecule has 1 aliphatic carbocycles. The molecule has 0 bridgehead atoms. The third-order valence-corrected chi connectivity index (χ3v) is 4.66. The van der Waals surface area contributed by atoms with Gasteiger partial charge in [0.2, 0.25) is 5.91 Å². The van der Waals surface area contributed by atoms with E-state index < -0.39 is 18.0 Å². The first kappa shape index (κ1) is 18.6. The number of alkyl halides is 3. The Morgan fingerprint density at radius 1 is 1.24 bits per heavy atom. The molecule has 2 rings (SSSR count). The molecule has 3 nitrogen and oxygen atoms in total. The topological polar surface area (TPSA) is 41.1 Å². The van der Waals surface area contributed by atoms with Gasteiger partial charge in [0.1, 0.15) is 0 Å². The Kier molecular flexibility index (Phi) is 6.78. The van der Waals surface area contributed by atoms with Gasteiger partial charge >= 0.3 is 6.18 Å². The van der Waals surface area contributed by atoms with Gasteiger partial charge in [0.05, 0.1) is 5.92 Å². The highest BCUT2D eigenvalue weighted by Crippen LogP contribution is 2.40. The Morgan fingerprint density at radius 2 is 1.95 bits per heavy atom. The van der Waals surface area contributed by atoms with Crippen molar-refractivity contribution >= 4 is 18.3 Å². The summed E-state index contributed by atoms with van der Waals surface area (Å²) in [6.45, 7) is 3.72. The van der Waals surface area contributed by atoms with Crippen molar-refractivity contribution in [3.63, 3.8) is 0 Å². The third kappa shape index (κ3) is 5.02. The minimum Gasteiger partial charge on any atom is -0.352 e. The summed E-state index contributed by atoms with van der Waals surface area (Å²) >= 11 is 0. The van der Waals surface area contributed by atoms with Crippen LogP contribution in [0.15, 0.2) is 0 Å². The molecule has 4 unspecified atom stereocenters. The maximum atomic E-state index is 12.8. The Hall–Kier alpha value is -0.490. The Bertz CT molecular complexity index is 352. The van der Waals surface area contributed by atoms with E-state index in [1.807, 2.05) is 0 Å². The average molecular weight is 329 g/mol. The monoisotopic (exact) mass is 328 g/mol. The lowest BCUT2D eigenvalue weighted by molar-refractivity contribution is -0.186. The van der Waals surface area contributed by atoms with Crippen LogP contribution < -0.4 is 10.6 Å². The van der Waals surface area contributed by atoms with E-state index in [-0.39, 0.29) is 37.2 Å². The van der Waals surface area contributed by atoms with E-state index in [1.54, 1.807) is 0 Å². The fourth-order valence-corrected chi connectivity index (χ4v) is 3.21. The number of hydrogen-bond acceptors (Lipinski definition) is 2. The first-order chi connectivity index (χ1) is 9.38. The summed E-state index contributed by atoms with van der Waals surface area (Å²) in [5.41, 5.74) is 0. The van der Waals surface area contributed by atoms with Crippen molar-refractivity contribution in [1.29, 1.82) is 0 Å². The van der Waals surface area contributed by atoms with Gasteiger partial charge in [0, 0.05) is 18.5 Å². The molecule has 0 aromatic rings. The smallest absolute Gasteiger partial charge is 0.352 e. The SMILES string of the molecule is CC1CCNCC1NC(=O)C1CCCC(C(F)(F)F)C1.Cl. The molecule has 0 spiro atoms. The van der Waals surface area contributed by atoms with E-state index in [0.29, 0.717) is 25.3 Å². The molecule has 0 aromatic heterocycles. The summed E-state index contributed by atoms with van der Waals surface area (Å²) in [6.07, 6.45) is -2.01. The Morgan fingerprint density at radius 3 is 2.57 bits per heavy atom. The van der Waals surface area contributed by atoms with Crippen LogP contribution in [0.1, 0.15) is 39.0 Å². The molecule has 1 saturated heterocycles. The maximum Gasteiger partial charge on any atom is 0.391 e. The standard InChI is InChI=1S/C14H23F3N2O.ClH/c1-9-5-6-18-8-12(9)19-13(20)10-3-2-4-11(7-10)14(15,16)17;/h9-12,18H,2-8H2,1H3,(H,19,20);1H. The van der Waals surface area contributed by atoms with Gasteiger partial charge in [0.15, 0.2) is 0 Å². The molecule has 21 heavy (non-hydrogen) atoms. The van der Waals surface area contributed by atoms with Gasteiger partial charge in [-0.15, -0.1) is 12.4 Å². The molecule has 2 aliphatic rings. The fourth-order valence-electron chi connectivity index (χ4n) is 3.21. The van der Waals surface area contributed by atoms with E-state index >= 15 is 0 Å². The van der Waals surface area contributed by atoms with Gasteiger partial charge in [-0.05, 0) is 38.1 Å². The molecule has 2 N–H and O–H groups in total. The maximum absolute atomic E-state index is 12.8. The summed E-state index contributed by atoms with van der Waals surface area (Å²) in [5, 5.41) is 6.15. The lowest BCUT2D eigenvalue weighted by atomic mass is 9.80. The van der Waals surface area contributed by atoms with Crippen LogP contribution in [-0.2, 0) is 4.79 Å². The lowest BCUT2D eigenvalue weighted by Gasteiger charge is -2.34. The molecule has 2 fully saturated rings. The molecule has 1 saturated carbocycles. The number of carbonyl (C=O) groups is 1. The van der Waals surface area contributed by atoms with Crippen molar-refractivity contribution in [2.75, 3.05) is 13.1 Å². The Labute approximate surface area is 129 Å². The lowest BCUT2D eigenvalue weighted by Crippen LogP contribution is -2.52.